The van der Waals surface area contributed by atoms with Gasteiger partial charge in [0.25, 0.3) is 0 Å². The molecule has 0 aliphatic heterocycles. The molecule has 0 aliphatic rings. The average molecular weight is 305 g/mol. The van der Waals surface area contributed by atoms with E-state index in [0.717, 1.165) is 28.4 Å². The van der Waals surface area contributed by atoms with E-state index in [-0.39, 0.29) is 0 Å². The molecule has 0 saturated heterocycles. The minimum Gasteiger partial charge on any atom is -0.489 e. The standard InChI is InChI=1S/C19H19N3O/c1-14-12-15(2)21-19(20-14)22-17-8-10-18(11-9-17)23-13-16-6-4-3-5-7-16/h3-12H,13H2,1-2H3,(H,20,21,22). The summed E-state index contributed by atoms with van der Waals surface area (Å²) in [6.45, 7) is 4.48. The molecule has 0 atom stereocenters. The van der Waals surface area contributed by atoms with Gasteiger partial charge in [0.15, 0.2) is 0 Å². The molecule has 4 nitrogen and oxygen atoms in total. The molecule has 0 amide bonds. The van der Waals surface area contributed by atoms with Crippen LogP contribution in [0.15, 0.2) is 60.7 Å². The van der Waals surface area contributed by atoms with Crippen LogP contribution in [0.2, 0.25) is 0 Å². The molecule has 0 radical (unpaired) electrons. The molecule has 2 aromatic carbocycles. The van der Waals surface area contributed by atoms with E-state index in [0.29, 0.717) is 12.6 Å². The molecule has 0 saturated carbocycles. The Labute approximate surface area is 136 Å². The van der Waals surface area contributed by atoms with Crippen molar-refractivity contribution in [3.05, 3.63) is 77.6 Å². The summed E-state index contributed by atoms with van der Waals surface area (Å²) in [5, 5.41) is 3.21. The Morgan fingerprint density at radius 2 is 1.52 bits per heavy atom. The van der Waals surface area contributed by atoms with Crippen LogP contribution in [0, 0.1) is 13.8 Å². The highest BCUT2D eigenvalue weighted by atomic mass is 16.5. The summed E-state index contributed by atoms with van der Waals surface area (Å²) in [6.07, 6.45) is 0. The minimum absolute atomic E-state index is 0.563. The molecule has 0 fully saturated rings. The van der Waals surface area contributed by atoms with Crippen molar-refractivity contribution in [2.75, 3.05) is 5.32 Å². The van der Waals surface area contributed by atoms with Crippen molar-refractivity contribution in [1.82, 2.24) is 9.97 Å². The van der Waals surface area contributed by atoms with Gasteiger partial charge in [0, 0.05) is 17.1 Å². The Bertz CT molecular complexity index is 750. The SMILES string of the molecule is Cc1cc(C)nc(Nc2ccc(OCc3ccccc3)cc2)n1. The normalized spacial score (nSPS) is 10.3. The maximum absolute atomic E-state index is 5.78. The highest BCUT2D eigenvalue weighted by Crippen LogP contribution is 2.19. The first-order valence-corrected chi connectivity index (χ1v) is 7.55. The predicted octanol–water partition coefficient (Wildman–Crippen LogP) is 4.42. The van der Waals surface area contributed by atoms with Crippen molar-refractivity contribution in [3.63, 3.8) is 0 Å². The molecular formula is C19H19N3O. The number of ether oxygens (including phenoxy) is 1. The van der Waals surface area contributed by atoms with Gasteiger partial charge in [-0.05, 0) is 49.7 Å². The fourth-order valence-electron chi connectivity index (χ4n) is 2.29. The number of hydrogen-bond acceptors (Lipinski definition) is 4. The topological polar surface area (TPSA) is 47.0 Å². The monoisotopic (exact) mass is 305 g/mol. The first-order valence-electron chi connectivity index (χ1n) is 7.55. The quantitative estimate of drug-likeness (QED) is 0.758. The Morgan fingerprint density at radius 3 is 2.17 bits per heavy atom. The minimum atomic E-state index is 0.563. The number of rotatable bonds is 5. The van der Waals surface area contributed by atoms with Crippen molar-refractivity contribution in [1.29, 1.82) is 0 Å². The van der Waals surface area contributed by atoms with Crippen LogP contribution in [0.3, 0.4) is 0 Å². The summed E-state index contributed by atoms with van der Waals surface area (Å²) in [5.74, 6) is 1.45. The highest BCUT2D eigenvalue weighted by Gasteiger charge is 2.01. The van der Waals surface area contributed by atoms with E-state index < -0.39 is 0 Å². The second-order valence-corrected chi connectivity index (χ2v) is 5.40. The van der Waals surface area contributed by atoms with Crippen molar-refractivity contribution < 1.29 is 4.74 Å². The number of nitrogens with zero attached hydrogens (tertiary/aromatic N) is 2. The Hall–Kier alpha value is -2.88. The molecule has 4 heteroatoms. The van der Waals surface area contributed by atoms with E-state index in [4.69, 9.17) is 4.74 Å². The highest BCUT2D eigenvalue weighted by molar-refractivity contribution is 5.54. The summed E-state index contributed by atoms with van der Waals surface area (Å²) in [7, 11) is 0. The molecule has 1 heterocycles. The Balaban J connectivity index is 1.62. The summed E-state index contributed by atoms with van der Waals surface area (Å²) < 4.78 is 5.78. The number of aryl methyl sites for hydroxylation is 2. The van der Waals surface area contributed by atoms with Gasteiger partial charge in [-0.3, -0.25) is 0 Å². The van der Waals surface area contributed by atoms with E-state index in [1.54, 1.807) is 0 Å². The number of benzene rings is 2. The zero-order chi connectivity index (χ0) is 16.1. The molecule has 0 aliphatic carbocycles. The fraction of sp³-hybridized carbons (Fsp3) is 0.158. The van der Waals surface area contributed by atoms with Crippen LogP contribution in [0.5, 0.6) is 5.75 Å². The van der Waals surface area contributed by atoms with E-state index in [1.807, 2.05) is 74.5 Å². The first-order chi connectivity index (χ1) is 11.2. The number of hydrogen-bond donors (Lipinski definition) is 1. The summed E-state index contributed by atoms with van der Waals surface area (Å²) in [5.41, 5.74) is 3.98. The maximum Gasteiger partial charge on any atom is 0.227 e. The third kappa shape index (κ3) is 4.30. The lowest BCUT2D eigenvalue weighted by molar-refractivity contribution is 0.306. The zero-order valence-electron chi connectivity index (χ0n) is 13.3. The first kappa shape index (κ1) is 15.0. The summed E-state index contributed by atoms with van der Waals surface area (Å²) >= 11 is 0. The van der Waals surface area contributed by atoms with Gasteiger partial charge in [-0.25, -0.2) is 9.97 Å². The second kappa shape index (κ2) is 6.92. The van der Waals surface area contributed by atoms with Gasteiger partial charge in [-0.1, -0.05) is 30.3 Å². The van der Waals surface area contributed by atoms with E-state index in [1.165, 1.54) is 0 Å². The zero-order valence-corrected chi connectivity index (χ0v) is 13.3. The fourth-order valence-corrected chi connectivity index (χ4v) is 2.29. The van der Waals surface area contributed by atoms with Gasteiger partial charge >= 0.3 is 0 Å². The molecule has 1 aromatic heterocycles. The second-order valence-electron chi connectivity index (χ2n) is 5.40. The third-order valence-electron chi connectivity index (χ3n) is 3.34. The Morgan fingerprint density at radius 1 is 0.870 bits per heavy atom. The van der Waals surface area contributed by atoms with Gasteiger partial charge in [-0.15, -0.1) is 0 Å². The smallest absolute Gasteiger partial charge is 0.227 e. The molecule has 1 N–H and O–H groups in total. The average Bonchev–Trinajstić information content (AvgIpc) is 2.54. The molecule has 3 rings (SSSR count). The van der Waals surface area contributed by atoms with Gasteiger partial charge in [0.2, 0.25) is 5.95 Å². The van der Waals surface area contributed by atoms with Crippen molar-refractivity contribution in [3.8, 4) is 5.75 Å². The molecule has 23 heavy (non-hydrogen) atoms. The lowest BCUT2D eigenvalue weighted by Gasteiger charge is -2.09. The van der Waals surface area contributed by atoms with Crippen molar-refractivity contribution in [2.45, 2.75) is 20.5 Å². The van der Waals surface area contributed by atoms with Crippen molar-refractivity contribution in [2.24, 2.45) is 0 Å². The molecule has 0 bridgehead atoms. The van der Waals surface area contributed by atoms with E-state index in [9.17, 15) is 0 Å². The number of nitrogens with one attached hydrogen (secondary N) is 1. The van der Waals surface area contributed by atoms with Crippen LogP contribution in [-0.2, 0) is 6.61 Å². The largest absolute Gasteiger partial charge is 0.489 e. The summed E-state index contributed by atoms with van der Waals surface area (Å²) in [6, 6.07) is 19.9. The predicted molar refractivity (Wildman–Crippen MR) is 92.0 cm³/mol. The van der Waals surface area contributed by atoms with Crippen LogP contribution >= 0.6 is 0 Å². The van der Waals surface area contributed by atoms with Gasteiger partial charge in [0.1, 0.15) is 12.4 Å². The van der Waals surface area contributed by atoms with Crippen LogP contribution in [0.1, 0.15) is 17.0 Å². The van der Waals surface area contributed by atoms with Crippen LogP contribution in [0.25, 0.3) is 0 Å². The lowest BCUT2D eigenvalue weighted by Crippen LogP contribution is -2.00. The van der Waals surface area contributed by atoms with E-state index >= 15 is 0 Å². The van der Waals surface area contributed by atoms with Gasteiger partial charge in [0.05, 0.1) is 0 Å². The molecular weight excluding hydrogens is 286 g/mol. The lowest BCUT2D eigenvalue weighted by atomic mass is 10.2. The maximum atomic E-state index is 5.78. The number of aromatic nitrogens is 2. The number of anilines is 2. The van der Waals surface area contributed by atoms with Crippen molar-refractivity contribution >= 4 is 11.6 Å². The Kier molecular flexibility index (Phi) is 4.52. The molecule has 116 valence electrons. The van der Waals surface area contributed by atoms with Gasteiger partial charge in [-0.2, -0.15) is 0 Å². The van der Waals surface area contributed by atoms with Crippen LogP contribution < -0.4 is 10.1 Å². The summed E-state index contributed by atoms with van der Waals surface area (Å²) in [4.78, 5) is 8.75. The molecule has 0 spiro atoms. The third-order valence-corrected chi connectivity index (χ3v) is 3.34. The van der Waals surface area contributed by atoms with E-state index in [2.05, 4.69) is 15.3 Å². The van der Waals surface area contributed by atoms with Crippen LogP contribution in [-0.4, -0.2) is 9.97 Å². The molecule has 0 unspecified atom stereocenters. The van der Waals surface area contributed by atoms with Crippen LogP contribution in [0.4, 0.5) is 11.6 Å². The van der Waals surface area contributed by atoms with Gasteiger partial charge < -0.3 is 10.1 Å². The molecule has 3 aromatic rings.